The van der Waals surface area contributed by atoms with Gasteiger partial charge in [-0.05, 0) is 13.0 Å². The van der Waals surface area contributed by atoms with Gasteiger partial charge in [-0.2, -0.15) is 5.10 Å². The second-order valence-corrected chi connectivity index (χ2v) is 5.67. The zero-order chi connectivity index (χ0) is 16.1. The smallest absolute Gasteiger partial charge is 0.252 e. The minimum absolute atomic E-state index is 0.0587. The number of nitrogens with zero attached hydrogens (tertiary/aromatic N) is 3. The van der Waals surface area contributed by atoms with Crippen LogP contribution in [0.2, 0.25) is 0 Å². The van der Waals surface area contributed by atoms with Gasteiger partial charge in [0.25, 0.3) is 5.91 Å². The van der Waals surface area contributed by atoms with E-state index in [1.165, 1.54) is 6.33 Å². The lowest BCUT2D eigenvalue weighted by atomic mass is 10.1. The molecule has 3 rings (SSSR count). The topological polar surface area (TPSA) is 83.1 Å². The molecule has 0 saturated carbocycles. The fourth-order valence-electron chi connectivity index (χ4n) is 2.74. The average molecular weight is 315 g/mol. The number of hydrogen-bond donors (Lipinski definition) is 2. The van der Waals surface area contributed by atoms with Gasteiger partial charge in [0.05, 0.1) is 18.8 Å². The van der Waals surface area contributed by atoms with Crippen molar-refractivity contribution < 1.29 is 9.53 Å². The van der Waals surface area contributed by atoms with E-state index in [0.29, 0.717) is 11.4 Å². The Morgan fingerprint density at radius 1 is 1.39 bits per heavy atom. The molecule has 1 amide bonds. The van der Waals surface area contributed by atoms with Crippen molar-refractivity contribution in [3.8, 4) is 11.4 Å². The molecule has 2 heterocycles. The Bertz CT molecular complexity index is 638. The molecule has 1 aliphatic rings. The lowest BCUT2D eigenvalue weighted by Gasteiger charge is -2.29. The van der Waals surface area contributed by atoms with E-state index >= 15 is 0 Å². The molecule has 1 saturated heterocycles. The molecule has 1 aromatic heterocycles. The molecule has 0 spiro atoms. The maximum Gasteiger partial charge on any atom is 0.252 e. The van der Waals surface area contributed by atoms with Crippen LogP contribution in [0.25, 0.3) is 11.4 Å². The van der Waals surface area contributed by atoms with Gasteiger partial charge in [-0.25, -0.2) is 4.98 Å². The van der Waals surface area contributed by atoms with Gasteiger partial charge in [-0.1, -0.05) is 18.2 Å². The molecule has 1 fully saturated rings. The Hall–Kier alpha value is -2.25. The van der Waals surface area contributed by atoms with Gasteiger partial charge in [0.15, 0.2) is 5.82 Å². The summed E-state index contributed by atoms with van der Waals surface area (Å²) in [7, 11) is 0. The van der Waals surface area contributed by atoms with Crippen molar-refractivity contribution in [1.29, 1.82) is 0 Å². The number of hydrogen-bond acceptors (Lipinski definition) is 5. The highest BCUT2D eigenvalue weighted by Crippen LogP contribution is 2.19. The van der Waals surface area contributed by atoms with Gasteiger partial charge >= 0.3 is 0 Å². The molecule has 1 aromatic carbocycles. The fraction of sp³-hybridized carbons (Fsp3) is 0.438. The van der Waals surface area contributed by atoms with Crippen molar-refractivity contribution in [3.63, 3.8) is 0 Å². The van der Waals surface area contributed by atoms with Crippen molar-refractivity contribution in [2.45, 2.75) is 13.0 Å². The van der Waals surface area contributed by atoms with Gasteiger partial charge in [0.2, 0.25) is 0 Å². The molecule has 2 N–H and O–H groups in total. The van der Waals surface area contributed by atoms with Crippen LogP contribution >= 0.6 is 0 Å². The van der Waals surface area contributed by atoms with Crippen LogP contribution in [-0.2, 0) is 4.74 Å². The van der Waals surface area contributed by atoms with E-state index < -0.39 is 0 Å². The second kappa shape index (κ2) is 7.34. The van der Waals surface area contributed by atoms with Gasteiger partial charge < -0.3 is 10.1 Å². The molecular formula is C16H21N5O2. The first-order valence-electron chi connectivity index (χ1n) is 7.80. The van der Waals surface area contributed by atoms with Crippen molar-refractivity contribution in [2.24, 2.45) is 0 Å². The zero-order valence-corrected chi connectivity index (χ0v) is 13.2. The van der Waals surface area contributed by atoms with Crippen LogP contribution in [0.15, 0.2) is 30.6 Å². The molecule has 7 nitrogen and oxygen atoms in total. The molecular weight excluding hydrogens is 294 g/mol. The van der Waals surface area contributed by atoms with Crippen molar-refractivity contribution in [2.75, 3.05) is 32.8 Å². The van der Waals surface area contributed by atoms with E-state index in [-0.39, 0.29) is 11.9 Å². The molecule has 122 valence electrons. The summed E-state index contributed by atoms with van der Waals surface area (Å²) in [6.45, 7) is 6.18. The summed E-state index contributed by atoms with van der Waals surface area (Å²) >= 11 is 0. The molecule has 1 aliphatic heterocycles. The summed E-state index contributed by atoms with van der Waals surface area (Å²) in [5, 5.41) is 9.72. The number of benzene rings is 1. The lowest BCUT2D eigenvalue weighted by molar-refractivity contribution is 0.0342. The summed E-state index contributed by atoms with van der Waals surface area (Å²) in [6, 6.07) is 7.45. The van der Waals surface area contributed by atoms with Crippen LogP contribution in [0.1, 0.15) is 17.3 Å². The van der Waals surface area contributed by atoms with E-state index in [1.54, 1.807) is 6.07 Å². The minimum Gasteiger partial charge on any atom is -0.379 e. The third-order valence-electron chi connectivity index (χ3n) is 3.86. The molecule has 23 heavy (non-hydrogen) atoms. The Kier molecular flexibility index (Phi) is 4.99. The third-order valence-corrected chi connectivity index (χ3v) is 3.86. The predicted molar refractivity (Wildman–Crippen MR) is 86.0 cm³/mol. The number of nitrogens with one attached hydrogen (secondary N) is 2. The number of ether oxygens (including phenoxy) is 1. The Labute approximate surface area is 135 Å². The standard InChI is InChI=1S/C16H21N5O2/c1-12(10-21-6-8-23-9-7-21)19-16(22)14-5-3-2-4-13(14)15-17-11-18-20-15/h2-5,11-12H,6-10H2,1H3,(H,19,22)(H,17,18,20)/t12-/m1/s1. The van der Waals surface area contributed by atoms with E-state index in [2.05, 4.69) is 25.4 Å². The molecule has 2 aromatic rings. The number of carbonyl (C=O) groups is 1. The van der Waals surface area contributed by atoms with Crippen LogP contribution in [0, 0.1) is 0 Å². The predicted octanol–water partition coefficient (Wildman–Crippen LogP) is 0.922. The summed E-state index contributed by atoms with van der Waals surface area (Å²) in [6.07, 6.45) is 1.44. The summed E-state index contributed by atoms with van der Waals surface area (Å²) in [5.41, 5.74) is 1.35. The van der Waals surface area contributed by atoms with Crippen LogP contribution in [0.3, 0.4) is 0 Å². The second-order valence-electron chi connectivity index (χ2n) is 5.67. The van der Waals surface area contributed by atoms with Gasteiger partial charge in [-0.3, -0.25) is 14.8 Å². The molecule has 0 aliphatic carbocycles. The first-order valence-corrected chi connectivity index (χ1v) is 7.80. The van der Waals surface area contributed by atoms with Crippen LogP contribution in [0.4, 0.5) is 0 Å². The Morgan fingerprint density at radius 2 is 2.17 bits per heavy atom. The number of H-pyrrole nitrogens is 1. The minimum atomic E-state index is -0.0993. The number of rotatable bonds is 5. The molecule has 1 atom stereocenters. The van der Waals surface area contributed by atoms with Crippen LogP contribution in [-0.4, -0.2) is 64.9 Å². The highest BCUT2D eigenvalue weighted by molar-refractivity contribution is 6.00. The van der Waals surface area contributed by atoms with Gasteiger partial charge in [0, 0.05) is 31.2 Å². The maximum atomic E-state index is 12.6. The normalized spacial score (nSPS) is 16.9. The number of aromatic nitrogens is 3. The van der Waals surface area contributed by atoms with E-state index in [4.69, 9.17) is 4.74 Å². The monoisotopic (exact) mass is 315 g/mol. The maximum absolute atomic E-state index is 12.6. The van der Waals surface area contributed by atoms with Crippen molar-refractivity contribution in [1.82, 2.24) is 25.4 Å². The molecule has 0 bridgehead atoms. The number of carbonyl (C=O) groups excluding carboxylic acids is 1. The summed E-state index contributed by atoms with van der Waals surface area (Å²) in [5.74, 6) is 0.495. The largest absolute Gasteiger partial charge is 0.379 e. The van der Waals surface area contributed by atoms with E-state index in [9.17, 15) is 4.79 Å². The first-order chi connectivity index (χ1) is 11.2. The molecule has 0 radical (unpaired) electrons. The zero-order valence-electron chi connectivity index (χ0n) is 13.2. The van der Waals surface area contributed by atoms with Crippen molar-refractivity contribution in [3.05, 3.63) is 36.2 Å². The Balaban J connectivity index is 1.66. The van der Waals surface area contributed by atoms with E-state index in [1.807, 2.05) is 25.1 Å². The average Bonchev–Trinajstić information content (AvgIpc) is 3.10. The number of aromatic amines is 1. The van der Waals surface area contributed by atoms with Crippen molar-refractivity contribution >= 4 is 5.91 Å². The molecule has 0 unspecified atom stereocenters. The highest BCUT2D eigenvalue weighted by atomic mass is 16.5. The van der Waals surface area contributed by atoms with Gasteiger partial charge in [0.1, 0.15) is 6.33 Å². The van der Waals surface area contributed by atoms with E-state index in [0.717, 1.165) is 38.4 Å². The van der Waals surface area contributed by atoms with Crippen LogP contribution in [0.5, 0.6) is 0 Å². The lowest BCUT2D eigenvalue weighted by Crippen LogP contribution is -2.46. The number of amides is 1. The fourth-order valence-corrected chi connectivity index (χ4v) is 2.74. The van der Waals surface area contributed by atoms with Crippen LogP contribution < -0.4 is 5.32 Å². The first kappa shape index (κ1) is 15.6. The molecule has 7 heteroatoms. The van der Waals surface area contributed by atoms with Gasteiger partial charge in [-0.15, -0.1) is 0 Å². The summed E-state index contributed by atoms with van der Waals surface area (Å²) < 4.78 is 5.34. The quantitative estimate of drug-likeness (QED) is 0.857. The Morgan fingerprint density at radius 3 is 2.91 bits per heavy atom. The number of morpholine rings is 1. The highest BCUT2D eigenvalue weighted by Gasteiger charge is 2.18. The summed E-state index contributed by atoms with van der Waals surface area (Å²) in [4.78, 5) is 19.0. The SMILES string of the molecule is C[C@H](CN1CCOCC1)NC(=O)c1ccccc1-c1ncn[nH]1. The third kappa shape index (κ3) is 3.94.